The van der Waals surface area contributed by atoms with Crippen molar-refractivity contribution in [2.75, 3.05) is 30.0 Å². The normalized spacial score (nSPS) is 17.8. The van der Waals surface area contributed by atoms with Crippen LogP contribution in [0.5, 0.6) is 5.75 Å². The van der Waals surface area contributed by atoms with E-state index in [2.05, 4.69) is 15.0 Å². The highest BCUT2D eigenvalue weighted by Gasteiger charge is 2.34. The minimum atomic E-state index is -0.478. The molecule has 2 N–H and O–H groups in total. The second kappa shape index (κ2) is 7.99. The Morgan fingerprint density at radius 2 is 2.12 bits per heavy atom. The molecule has 0 unspecified atom stereocenters. The minimum Gasteiger partial charge on any atom is -0.496 e. The van der Waals surface area contributed by atoms with Gasteiger partial charge in [-0.3, -0.25) is 14.7 Å². The lowest BCUT2D eigenvalue weighted by Gasteiger charge is -2.20. The predicted octanol–water partition coefficient (Wildman–Crippen LogP) is 3.04. The fourth-order valence-electron chi connectivity index (χ4n) is 4.18. The van der Waals surface area contributed by atoms with Crippen LogP contribution in [0.15, 0.2) is 36.5 Å². The molecule has 2 aliphatic rings. The molecule has 164 valence electrons. The Bertz CT molecular complexity index is 1220. The van der Waals surface area contributed by atoms with Crippen LogP contribution < -0.4 is 20.3 Å². The summed E-state index contributed by atoms with van der Waals surface area (Å²) in [4.78, 5) is 30.0. The molecule has 8 nitrogen and oxygen atoms in total. The van der Waals surface area contributed by atoms with Crippen LogP contribution in [0.1, 0.15) is 22.3 Å². The van der Waals surface area contributed by atoms with Gasteiger partial charge in [-0.05, 0) is 24.6 Å². The van der Waals surface area contributed by atoms with Crippen molar-refractivity contribution in [2.24, 2.45) is 5.73 Å². The van der Waals surface area contributed by atoms with E-state index in [4.69, 9.17) is 22.1 Å². The average Bonchev–Trinajstić information content (AvgIpc) is 3.37. The number of carbonyl (C=O) groups is 1. The number of nitrogens with zero attached hydrogens (tertiary/aromatic N) is 5. The lowest BCUT2D eigenvalue weighted by atomic mass is 10.0. The Hall–Kier alpha value is -3.30. The first kappa shape index (κ1) is 20.6. The summed E-state index contributed by atoms with van der Waals surface area (Å²) in [7, 11) is 1.47. The molecular weight excluding hydrogens is 435 g/mol. The molecule has 0 aliphatic carbocycles. The van der Waals surface area contributed by atoms with Gasteiger partial charge in [0.1, 0.15) is 22.5 Å². The average molecular weight is 455 g/mol. The van der Waals surface area contributed by atoms with Crippen molar-refractivity contribution in [3.63, 3.8) is 0 Å². The lowest BCUT2D eigenvalue weighted by Crippen LogP contribution is -2.29. The van der Waals surface area contributed by atoms with E-state index in [1.165, 1.54) is 24.3 Å². The molecule has 0 spiro atoms. The third-order valence-corrected chi connectivity index (χ3v) is 5.93. The molecule has 10 heteroatoms. The monoisotopic (exact) mass is 454 g/mol. The van der Waals surface area contributed by atoms with Crippen LogP contribution in [0.3, 0.4) is 0 Å². The van der Waals surface area contributed by atoms with Crippen molar-refractivity contribution in [2.45, 2.75) is 19.0 Å². The van der Waals surface area contributed by atoms with Gasteiger partial charge >= 0.3 is 0 Å². The number of methoxy groups -OCH3 is 1. The van der Waals surface area contributed by atoms with Crippen LogP contribution in [-0.4, -0.2) is 47.1 Å². The zero-order valence-corrected chi connectivity index (χ0v) is 18.0. The Morgan fingerprint density at radius 1 is 1.28 bits per heavy atom. The summed E-state index contributed by atoms with van der Waals surface area (Å²) in [5.74, 6) is 0.396. The number of benzene rings is 1. The molecule has 0 radical (unpaired) electrons. The van der Waals surface area contributed by atoms with Gasteiger partial charge in [0.05, 0.1) is 24.9 Å². The zero-order valence-electron chi connectivity index (χ0n) is 17.3. The molecule has 4 heterocycles. The fraction of sp³-hybridized carbons (Fsp3) is 0.273. The summed E-state index contributed by atoms with van der Waals surface area (Å²) in [6, 6.07) is 7.77. The molecule has 1 amide bonds. The van der Waals surface area contributed by atoms with E-state index in [9.17, 15) is 9.18 Å². The highest BCUT2D eigenvalue weighted by atomic mass is 35.5. The number of ether oxygens (including phenoxy) is 1. The molecule has 2 aromatic heterocycles. The molecule has 32 heavy (non-hydrogen) atoms. The summed E-state index contributed by atoms with van der Waals surface area (Å²) < 4.78 is 20.1. The Morgan fingerprint density at radius 3 is 2.88 bits per heavy atom. The van der Waals surface area contributed by atoms with Crippen LogP contribution in [0, 0.1) is 5.82 Å². The van der Waals surface area contributed by atoms with Crippen LogP contribution in [0.4, 0.5) is 16.2 Å². The second-order valence-corrected chi connectivity index (χ2v) is 8.12. The smallest absolute Gasteiger partial charge is 0.260 e. The van der Waals surface area contributed by atoms with Gasteiger partial charge in [-0.1, -0.05) is 17.7 Å². The SMILES string of the molecule is COc1cccc(F)c1-c1nccc2c1CN(c1cc(Cl)nc(N3CC[C@@H](N)C3)n1)C2=O. The van der Waals surface area contributed by atoms with Gasteiger partial charge in [0, 0.05) is 42.5 Å². The van der Waals surface area contributed by atoms with Gasteiger partial charge in [-0.25, -0.2) is 9.37 Å². The molecule has 3 aromatic rings. The quantitative estimate of drug-likeness (QED) is 0.605. The molecule has 1 fully saturated rings. The van der Waals surface area contributed by atoms with E-state index in [-0.39, 0.29) is 29.2 Å². The van der Waals surface area contributed by atoms with E-state index in [1.807, 2.05) is 4.90 Å². The third-order valence-electron chi connectivity index (χ3n) is 5.73. The van der Waals surface area contributed by atoms with Gasteiger partial charge in [0.15, 0.2) is 0 Å². The summed E-state index contributed by atoms with van der Waals surface area (Å²) >= 11 is 6.26. The largest absolute Gasteiger partial charge is 0.496 e. The van der Waals surface area contributed by atoms with E-state index in [0.29, 0.717) is 40.9 Å². The summed E-state index contributed by atoms with van der Waals surface area (Å²) in [5.41, 5.74) is 7.61. The molecule has 2 aliphatic heterocycles. The number of rotatable bonds is 4. The number of pyridine rings is 1. The third kappa shape index (κ3) is 3.43. The van der Waals surface area contributed by atoms with E-state index in [1.54, 1.807) is 24.3 Å². The number of nitrogens with two attached hydrogens (primary N) is 1. The minimum absolute atomic E-state index is 0.0445. The van der Waals surface area contributed by atoms with E-state index >= 15 is 0 Å². The number of hydrogen-bond donors (Lipinski definition) is 1. The molecule has 1 aromatic carbocycles. The van der Waals surface area contributed by atoms with Gasteiger partial charge in [0.2, 0.25) is 5.95 Å². The molecule has 0 saturated carbocycles. The topological polar surface area (TPSA) is 97.5 Å². The summed E-state index contributed by atoms with van der Waals surface area (Å²) in [6.07, 6.45) is 2.32. The van der Waals surface area contributed by atoms with E-state index < -0.39 is 5.82 Å². The molecule has 0 bridgehead atoms. The van der Waals surface area contributed by atoms with Crippen molar-refractivity contribution in [1.29, 1.82) is 0 Å². The van der Waals surface area contributed by atoms with Crippen molar-refractivity contribution >= 4 is 29.3 Å². The Labute approximate surface area is 188 Å². The maximum Gasteiger partial charge on any atom is 0.260 e. The second-order valence-electron chi connectivity index (χ2n) is 7.74. The van der Waals surface area contributed by atoms with Gasteiger partial charge in [-0.15, -0.1) is 0 Å². The standard InChI is InChI=1S/C22H20ClFN6O2/c1-32-16-4-2-3-15(24)19(16)20-14-11-30(21(31)13(14)5-7-26-20)18-9-17(23)27-22(28-18)29-8-6-12(25)10-29/h2-5,7,9,12H,6,8,10-11,25H2,1H3/t12-/m1/s1. The van der Waals surface area contributed by atoms with Gasteiger partial charge in [0.25, 0.3) is 5.91 Å². The number of hydrogen-bond acceptors (Lipinski definition) is 7. The van der Waals surface area contributed by atoms with E-state index in [0.717, 1.165) is 13.0 Å². The number of amides is 1. The number of halogens is 2. The van der Waals surface area contributed by atoms with Gasteiger partial charge in [-0.2, -0.15) is 4.98 Å². The van der Waals surface area contributed by atoms with Crippen molar-refractivity contribution in [3.05, 3.63) is 58.6 Å². The first-order valence-electron chi connectivity index (χ1n) is 10.1. The zero-order chi connectivity index (χ0) is 22.4. The first-order chi connectivity index (χ1) is 15.5. The summed E-state index contributed by atoms with van der Waals surface area (Å²) in [6.45, 7) is 1.51. The first-order valence-corrected chi connectivity index (χ1v) is 10.5. The van der Waals surface area contributed by atoms with Crippen molar-refractivity contribution in [1.82, 2.24) is 15.0 Å². The van der Waals surface area contributed by atoms with Crippen molar-refractivity contribution in [3.8, 4) is 17.0 Å². The molecule has 1 saturated heterocycles. The van der Waals surface area contributed by atoms with Crippen LogP contribution in [0.25, 0.3) is 11.3 Å². The number of fused-ring (bicyclic) bond motifs is 1. The molecular formula is C22H20ClFN6O2. The lowest BCUT2D eigenvalue weighted by molar-refractivity contribution is 0.0996. The van der Waals surface area contributed by atoms with Crippen LogP contribution in [0.2, 0.25) is 5.15 Å². The van der Waals surface area contributed by atoms with Crippen LogP contribution in [-0.2, 0) is 6.54 Å². The Kier molecular flexibility index (Phi) is 5.15. The molecule has 5 rings (SSSR count). The van der Waals surface area contributed by atoms with Crippen molar-refractivity contribution < 1.29 is 13.9 Å². The Balaban J connectivity index is 1.55. The molecule has 1 atom stereocenters. The van der Waals surface area contributed by atoms with Gasteiger partial charge < -0.3 is 15.4 Å². The number of aromatic nitrogens is 3. The maximum absolute atomic E-state index is 14.7. The number of carbonyl (C=O) groups excluding carboxylic acids is 1. The predicted molar refractivity (Wildman–Crippen MR) is 119 cm³/mol. The van der Waals surface area contributed by atoms with Crippen LogP contribution >= 0.6 is 11.6 Å². The highest BCUT2D eigenvalue weighted by Crippen LogP contribution is 2.38. The summed E-state index contributed by atoms with van der Waals surface area (Å²) in [5, 5.41) is 0.225. The highest BCUT2D eigenvalue weighted by molar-refractivity contribution is 6.29. The fourth-order valence-corrected chi connectivity index (χ4v) is 4.35. The number of anilines is 2. The maximum atomic E-state index is 14.7.